The molecule has 2 fully saturated rings. The average Bonchev–Trinajstić information content (AvgIpc) is 2.70. The van der Waals surface area contributed by atoms with Gasteiger partial charge in [-0.15, -0.1) is 0 Å². The molecule has 1 saturated heterocycles. The molecule has 1 atom stereocenters. The van der Waals surface area contributed by atoms with Gasteiger partial charge in [0.05, 0.1) is 12.3 Å². The number of nitrogens with two attached hydrogens (primary N) is 1. The SMILES string of the molecule is NC1(N2CCOC(Cl)C2)CC1. The van der Waals surface area contributed by atoms with Crippen molar-refractivity contribution in [2.45, 2.75) is 24.1 Å². The Balaban J connectivity index is 1.93. The predicted molar refractivity (Wildman–Crippen MR) is 43.3 cm³/mol. The van der Waals surface area contributed by atoms with Gasteiger partial charge < -0.3 is 10.5 Å². The van der Waals surface area contributed by atoms with Crippen LogP contribution in [0.25, 0.3) is 0 Å². The van der Waals surface area contributed by atoms with Gasteiger partial charge in [-0.2, -0.15) is 0 Å². The summed E-state index contributed by atoms with van der Waals surface area (Å²) < 4.78 is 5.20. The zero-order valence-electron chi connectivity index (χ0n) is 6.42. The number of alkyl halides is 1. The molecule has 1 aliphatic heterocycles. The van der Waals surface area contributed by atoms with Crippen molar-refractivity contribution < 1.29 is 4.74 Å². The molecule has 0 aromatic rings. The predicted octanol–water partition coefficient (Wildman–Crippen LogP) is 0.332. The van der Waals surface area contributed by atoms with Gasteiger partial charge in [0, 0.05) is 13.1 Å². The highest BCUT2D eigenvalue weighted by molar-refractivity contribution is 6.19. The van der Waals surface area contributed by atoms with Crippen molar-refractivity contribution in [2.24, 2.45) is 5.73 Å². The summed E-state index contributed by atoms with van der Waals surface area (Å²) in [6.07, 6.45) is 2.22. The third-order valence-electron chi connectivity index (χ3n) is 2.42. The van der Waals surface area contributed by atoms with E-state index in [4.69, 9.17) is 22.1 Å². The molecule has 0 aromatic carbocycles. The molecule has 64 valence electrons. The maximum Gasteiger partial charge on any atom is 0.143 e. The average molecular weight is 177 g/mol. The molecule has 2 aliphatic rings. The molecule has 0 aromatic heterocycles. The van der Waals surface area contributed by atoms with Gasteiger partial charge in [0.1, 0.15) is 5.56 Å². The summed E-state index contributed by atoms with van der Waals surface area (Å²) >= 11 is 5.83. The Hall–Kier alpha value is 0.170. The van der Waals surface area contributed by atoms with Crippen LogP contribution in [0.15, 0.2) is 0 Å². The normalized spacial score (nSPS) is 37.1. The maximum atomic E-state index is 6.00. The molecule has 1 saturated carbocycles. The van der Waals surface area contributed by atoms with Gasteiger partial charge in [-0.3, -0.25) is 4.90 Å². The summed E-state index contributed by atoms with van der Waals surface area (Å²) in [5, 5.41) is 0. The van der Waals surface area contributed by atoms with E-state index in [-0.39, 0.29) is 11.2 Å². The van der Waals surface area contributed by atoms with Gasteiger partial charge in [-0.1, -0.05) is 11.6 Å². The van der Waals surface area contributed by atoms with Crippen LogP contribution in [-0.2, 0) is 4.74 Å². The third-order valence-corrected chi connectivity index (χ3v) is 2.68. The van der Waals surface area contributed by atoms with Crippen LogP contribution in [0.4, 0.5) is 0 Å². The monoisotopic (exact) mass is 176 g/mol. The van der Waals surface area contributed by atoms with E-state index in [1.165, 1.54) is 0 Å². The van der Waals surface area contributed by atoms with Crippen molar-refractivity contribution in [3.8, 4) is 0 Å². The van der Waals surface area contributed by atoms with Gasteiger partial charge in [0.15, 0.2) is 0 Å². The first-order valence-corrected chi connectivity index (χ1v) is 4.44. The lowest BCUT2D eigenvalue weighted by Crippen LogP contribution is -2.51. The summed E-state index contributed by atoms with van der Waals surface area (Å²) in [4.78, 5) is 2.23. The van der Waals surface area contributed by atoms with Crippen LogP contribution in [0.3, 0.4) is 0 Å². The fourth-order valence-electron chi connectivity index (χ4n) is 1.46. The first-order valence-electron chi connectivity index (χ1n) is 4.00. The highest BCUT2D eigenvalue weighted by Gasteiger charge is 2.45. The minimum Gasteiger partial charge on any atom is -0.360 e. The topological polar surface area (TPSA) is 38.5 Å². The lowest BCUT2D eigenvalue weighted by atomic mass is 10.3. The second kappa shape index (κ2) is 2.59. The quantitative estimate of drug-likeness (QED) is 0.586. The second-order valence-electron chi connectivity index (χ2n) is 3.33. The van der Waals surface area contributed by atoms with Crippen LogP contribution in [0.1, 0.15) is 12.8 Å². The number of morpholine rings is 1. The van der Waals surface area contributed by atoms with E-state index in [1.807, 2.05) is 0 Å². The number of hydrogen-bond donors (Lipinski definition) is 1. The number of ether oxygens (including phenoxy) is 1. The summed E-state index contributed by atoms with van der Waals surface area (Å²) in [5.74, 6) is 0. The molecule has 2 rings (SSSR count). The number of rotatable bonds is 1. The number of hydrogen-bond acceptors (Lipinski definition) is 3. The van der Waals surface area contributed by atoms with E-state index in [0.29, 0.717) is 6.61 Å². The van der Waals surface area contributed by atoms with E-state index in [9.17, 15) is 0 Å². The van der Waals surface area contributed by atoms with E-state index < -0.39 is 0 Å². The third kappa shape index (κ3) is 1.51. The first-order chi connectivity index (χ1) is 5.21. The van der Waals surface area contributed by atoms with Gasteiger partial charge in [0.25, 0.3) is 0 Å². The van der Waals surface area contributed by atoms with Crippen LogP contribution in [0.5, 0.6) is 0 Å². The Morgan fingerprint density at radius 1 is 1.55 bits per heavy atom. The summed E-state index contributed by atoms with van der Waals surface area (Å²) in [5.41, 5.74) is 5.80. The second-order valence-corrected chi connectivity index (χ2v) is 3.82. The number of halogens is 1. The van der Waals surface area contributed by atoms with Crippen molar-refractivity contribution >= 4 is 11.6 Å². The zero-order chi connectivity index (χ0) is 7.90. The molecule has 0 amide bonds. The molecule has 0 radical (unpaired) electrons. The standard InChI is InChI=1S/C7H13ClN2O/c8-6-5-10(3-4-11-6)7(9)1-2-7/h6H,1-5,9H2. The number of nitrogens with zero attached hydrogens (tertiary/aromatic N) is 1. The van der Waals surface area contributed by atoms with Crippen molar-refractivity contribution in [1.29, 1.82) is 0 Å². The molecule has 1 heterocycles. The van der Waals surface area contributed by atoms with E-state index in [2.05, 4.69) is 4.90 Å². The molecule has 1 unspecified atom stereocenters. The van der Waals surface area contributed by atoms with Gasteiger partial charge in [0.2, 0.25) is 0 Å². The zero-order valence-corrected chi connectivity index (χ0v) is 7.18. The molecule has 0 spiro atoms. The molecule has 3 nitrogen and oxygen atoms in total. The minimum atomic E-state index is -0.162. The molecular formula is C7H13ClN2O. The van der Waals surface area contributed by atoms with Gasteiger partial charge in [-0.05, 0) is 12.8 Å². The Morgan fingerprint density at radius 3 is 2.82 bits per heavy atom. The smallest absolute Gasteiger partial charge is 0.143 e. The van der Waals surface area contributed by atoms with Crippen LogP contribution >= 0.6 is 11.6 Å². The Bertz CT molecular complexity index is 161. The molecule has 11 heavy (non-hydrogen) atoms. The minimum absolute atomic E-state index is 0.0308. The molecular weight excluding hydrogens is 164 g/mol. The molecule has 0 bridgehead atoms. The fourth-order valence-corrected chi connectivity index (χ4v) is 1.71. The van der Waals surface area contributed by atoms with E-state index in [0.717, 1.165) is 25.9 Å². The summed E-state index contributed by atoms with van der Waals surface area (Å²) in [6, 6.07) is 0. The van der Waals surface area contributed by atoms with Crippen molar-refractivity contribution in [2.75, 3.05) is 19.7 Å². The van der Waals surface area contributed by atoms with Crippen LogP contribution in [-0.4, -0.2) is 35.8 Å². The van der Waals surface area contributed by atoms with Crippen LogP contribution < -0.4 is 5.73 Å². The highest BCUT2D eigenvalue weighted by Crippen LogP contribution is 2.37. The first kappa shape index (κ1) is 7.80. The Labute approximate surface area is 71.4 Å². The van der Waals surface area contributed by atoms with Crippen LogP contribution in [0, 0.1) is 0 Å². The summed E-state index contributed by atoms with van der Waals surface area (Å²) in [7, 11) is 0. The Morgan fingerprint density at radius 2 is 2.27 bits per heavy atom. The summed E-state index contributed by atoms with van der Waals surface area (Å²) in [6.45, 7) is 2.42. The van der Waals surface area contributed by atoms with Gasteiger partial charge >= 0.3 is 0 Å². The largest absolute Gasteiger partial charge is 0.360 e. The van der Waals surface area contributed by atoms with Gasteiger partial charge in [-0.25, -0.2) is 0 Å². The van der Waals surface area contributed by atoms with Crippen LogP contribution in [0.2, 0.25) is 0 Å². The highest BCUT2D eigenvalue weighted by atomic mass is 35.5. The lowest BCUT2D eigenvalue weighted by molar-refractivity contribution is -0.00987. The fraction of sp³-hybridized carbons (Fsp3) is 1.00. The lowest BCUT2D eigenvalue weighted by Gasteiger charge is -2.34. The van der Waals surface area contributed by atoms with Crippen molar-refractivity contribution in [3.05, 3.63) is 0 Å². The Kier molecular flexibility index (Phi) is 1.84. The van der Waals surface area contributed by atoms with E-state index in [1.54, 1.807) is 0 Å². The molecule has 4 heteroatoms. The van der Waals surface area contributed by atoms with Crippen molar-refractivity contribution in [3.63, 3.8) is 0 Å². The van der Waals surface area contributed by atoms with E-state index >= 15 is 0 Å². The molecule has 1 aliphatic carbocycles. The maximum absolute atomic E-state index is 6.00. The molecule has 2 N–H and O–H groups in total. The van der Waals surface area contributed by atoms with Crippen molar-refractivity contribution in [1.82, 2.24) is 4.90 Å².